The number of carbonyl (C=O) groups is 1. The van der Waals surface area contributed by atoms with Crippen molar-refractivity contribution in [3.8, 4) is 0 Å². The Balaban J connectivity index is 0.00000162. The van der Waals surface area contributed by atoms with Crippen molar-refractivity contribution in [3.63, 3.8) is 0 Å². The highest BCUT2D eigenvalue weighted by molar-refractivity contribution is 5.85. The van der Waals surface area contributed by atoms with Crippen LogP contribution in [0, 0.1) is 0 Å². The van der Waals surface area contributed by atoms with Gasteiger partial charge in [0, 0.05) is 19.0 Å². The Kier molecular flexibility index (Phi) is 6.76. The monoisotopic (exact) mass is 268 g/mol. The number of amides is 1. The van der Waals surface area contributed by atoms with Gasteiger partial charge < -0.3 is 10.6 Å². The lowest BCUT2D eigenvalue weighted by Gasteiger charge is -2.23. The number of rotatable bonds is 4. The van der Waals surface area contributed by atoms with E-state index in [0.29, 0.717) is 12.5 Å². The Morgan fingerprint density at radius 2 is 2.11 bits per heavy atom. The van der Waals surface area contributed by atoms with Gasteiger partial charge in [-0.2, -0.15) is 0 Å². The summed E-state index contributed by atoms with van der Waals surface area (Å²) in [6.45, 7) is 1.99. The third kappa shape index (κ3) is 5.07. The number of nitrogens with one attached hydrogen (secondary N) is 2. The van der Waals surface area contributed by atoms with Gasteiger partial charge in [0.25, 0.3) is 0 Å². The summed E-state index contributed by atoms with van der Waals surface area (Å²) in [5.74, 6) is 0.169. The highest BCUT2D eigenvalue weighted by Crippen LogP contribution is 2.04. The molecule has 1 amide bonds. The van der Waals surface area contributed by atoms with Crippen molar-refractivity contribution in [2.75, 3.05) is 13.1 Å². The summed E-state index contributed by atoms with van der Waals surface area (Å²) in [4.78, 5) is 11.7. The molecule has 1 atom stereocenters. The molecule has 18 heavy (non-hydrogen) atoms. The van der Waals surface area contributed by atoms with E-state index in [1.807, 2.05) is 18.2 Å². The van der Waals surface area contributed by atoms with Gasteiger partial charge in [0.05, 0.1) is 0 Å². The molecule has 1 aromatic rings. The van der Waals surface area contributed by atoms with Crippen molar-refractivity contribution in [1.29, 1.82) is 0 Å². The van der Waals surface area contributed by atoms with Crippen LogP contribution in [0.2, 0.25) is 0 Å². The second-order valence-corrected chi connectivity index (χ2v) is 4.60. The molecule has 0 aromatic heterocycles. The third-order valence-corrected chi connectivity index (χ3v) is 3.15. The quantitative estimate of drug-likeness (QED) is 0.876. The molecule has 0 bridgehead atoms. The number of carbonyl (C=O) groups excluding carboxylic acids is 1. The molecule has 0 saturated carbocycles. The van der Waals surface area contributed by atoms with E-state index in [0.717, 1.165) is 32.4 Å². The molecule has 2 rings (SSSR count). The minimum absolute atomic E-state index is 0. The molecule has 0 aliphatic carbocycles. The first-order chi connectivity index (χ1) is 8.34. The smallest absolute Gasteiger partial charge is 0.220 e. The van der Waals surface area contributed by atoms with Crippen LogP contribution in [0.5, 0.6) is 0 Å². The second kappa shape index (κ2) is 8.11. The number of halogens is 1. The largest absolute Gasteiger partial charge is 0.352 e. The Hall–Kier alpha value is -1.06. The van der Waals surface area contributed by atoms with Gasteiger partial charge in [0.15, 0.2) is 0 Å². The van der Waals surface area contributed by atoms with Gasteiger partial charge >= 0.3 is 0 Å². The lowest BCUT2D eigenvalue weighted by Crippen LogP contribution is -2.45. The van der Waals surface area contributed by atoms with Gasteiger partial charge in [-0.05, 0) is 31.4 Å². The van der Waals surface area contributed by atoms with Crippen LogP contribution in [-0.2, 0) is 11.2 Å². The van der Waals surface area contributed by atoms with E-state index in [9.17, 15) is 4.79 Å². The summed E-state index contributed by atoms with van der Waals surface area (Å²) in [6, 6.07) is 10.5. The Morgan fingerprint density at radius 3 is 2.78 bits per heavy atom. The van der Waals surface area contributed by atoms with E-state index in [1.54, 1.807) is 0 Å². The molecule has 0 radical (unpaired) electrons. The average Bonchev–Trinajstić information content (AvgIpc) is 2.39. The first-order valence-corrected chi connectivity index (χ1v) is 6.38. The van der Waals surface area contributed by atoms with E-state index in [-0.39, 0.29) is 18.3 Å². The third-order valence-electron chi connectivity index (χ3n) is 3.15. The predicted molar refractivity (Wildman–Crippen MR) is 76.0 cm³/mol. The highest BCUT2D eigenvalue weighted by Gasteiger charge is 2.14. The van der Waals surface area contributed by atoms with Crippen molar-refractivity contribution in [2.24, 2.45) is 0 Å². The number of hydrogen-bond acceptors (Lipinski definition) is 2. The molecule has 1 unspecified atom stereocenters. The van der Waals surface area contributed by atoms with Crippen LogP contribution in [-0.4, -0.2) is 25.0 Å². The van der Waals surface area contributed by atoms with Crippen molar-refractivity contribution in [3.05, 3.63) is 35.9 Å². The maximum Gasteiger partial charge on any atom is 0.220 e. The fourth-order valence-corrected chi connectivity index (χ4v) is 2.18. The van der Waals surface area contributed by atoms with Crippen LogP contribution < -0.4 is 10.6 Å². The molecule has 0 spiro atoms. The normalized spacial score (nSPS) is 18.8. The van der Waals surface area contributed by atoms with E-state index in [4.69, 9.17) is 0 Å². The summed E-state index contributed by atoms with van der Waals surface area (Å²) >= 11 is 0. The van der Waals surface area contributed by atoms with Crippen molar-refractivity contribution >= 4 is 18.3 Å². The van der Waals surface area contributed by atoms with Gasteiger partial charge in [-0.15, -0.1) is 12.4 Å². The number of hydrogen-bond donors (Lipinski definition) is 2. The van der Waals surface area contributed by atoms with Crippen LogP contribution >= 0.6 is 12.4 Å². The van der Waals surface area contributed by atoms with E-state index < -0.39 is 0 Å². The first-order valence-electron chi connectivity index (χ1n) is 6.38. The molecule has 1 saturated heterocycles. The van der Waals surface area contributed by atoms with Crippen LogP contribution in [0.3, 0.4) is 0 Å². The molecule has 3 nitrogen and oxygen atoms in total. The molecular weight excluding hydrogens is 248 g/mol. The van der Waals surface area contributed by atoms with Gasteiger partial charge in [-0.25, -0.2) is 0 Å². The molecule has 1 aliphatic rings. The zero-order chi connectivity index (χ0) is 11.9. The number of benzene rings is 1. The molecule has 1 aliphatic heterocycles. The maximum absolute atomic E-state index is 11.7. The van der Waals surface area contributed by atoms with Gasteiger partial charge in [0.1, 0.15) is 0 Å². The van der Waals surface area contributed by atoms with Crippen LogP contribution in [0.4, 0.5) is 0 Å². The van der Waals surface area contributed by atoms with Crippen molar-refractivity contribution in [1.82, 2.24) is 10.6 Å². The van der Waals surface area contributed by atoms with E-state index in [2.05, 4.69) is 22.8 Å². The minimum atomic E-state index is 0. The molecule has 2 N–H and O–H groups in total. The molecule has 1 aromatic carbocycles. The Labute approximate surface area is 115 Å². The topological polar surface area (TPSA) is 41.1 Å². The van der Waals surface area contributed by atoms with E-state index in [1.165, 1.54) is 5.56 Å². The van der Waals surface area contributed by atoms with Crippen LogP contribution in [0.15, 0.2) is 30.3 Å². The molecule has 4 heteroatoms. The molecule has 1 fully saturated rings. The van der Waals surface area contributed by atoms with Gasteiger partial charge in [-0.3, -0.25) is 4.79 Å². The van der Waals surface area contributed by atoms with Crippen molar-refractivity contribution in [2.45, 2.75) is 31.7 Å². The maximum atomic E-state index is 11.7. The Bertz CT molecular complexity index is 350. The SMILES string of the molecule is Cl.O=C(CCc1ccccc1)NC1CCCNC1. The number of aryl methyl sites for hydroxylation is 1. The lowest BCUT2D eigenvalue weighted by atomic mass is 10.1. The predicted octanol–water partition coefficient (Wildman–Crippen LogP) is 1.91. The molecule has 100 valence electrons. The van der Waals surface area contributed by atoms with Gasteiger partial charge in [0.2, 0.25) is 5.91 Å². The first kappa shape index (κ1) is 15.0. The van der Waals surface area contributed by atoms with Crippen molar-refractivity contribution < 1.29 is 4.79 Å². The van der Waals surface area contributed by atoms with Crippen LogP contribution in [0.1, 0.15) is 24.8 Å². The molecular formula is C14H21ClN2O. The Morgan fingerprint density at radius 1 is 1.33 bits per heavy atom. The zero-order valence-electron chi connectivity index (χ0n) is 10.5. The molecule has 1 heterocycles. The lowest BCUT2D eigenvalue weighted by molar-refractivity contribution is -0.121. The summed E-state index contributed by atoms with van der Waals surface area (Å²) in [6.07, 6.45) is 3.67. The second-order valence-electron chi connectivity index (χ2n) is 4.60. The minimum Gasteiger partial charge on any atom is -0.352 e. The zero-order valence-corrected chi connectivity index (χ0v) is 11.3. The fraction of sp³-hybridized carbons (Fsp3) is 0.500. The van der Waals surface area contributed by atoms with Crippen LogP contribution in [0.25, 0.3) is 0 Å². The summed E-state index contributed by atoms with van der Waals surface area (Å²) in [7, 11) is 0. The summed E-state index contributed by atoms with van der Waals surface area (Å²) < 4.78 is 0. The van der Waals surface area contributed by atoms with E-state index >= 15 is 0 Å². The highest BCUT2D eigenvalue weighted by atomic mass is 35.5. The summed E-state index contributed by atoms with van der Waals surface area (Å²) in [5, 5.41) is 6.39. The number of piperidine rings is 1. The van der Waals surface area contributed by atoms with Gasteiger partial charge in [-0.1, -0.05) is 30.3 Å². The fourth-order valence-electron chi connectivity index (χ4n) is 2.18. The standard InChI is InChI=1S/C14H20N2O.ClH/c17-14(16-13-7-4-10-15-11-13)9-8-12-5-2-1-3-6-12;/h1-3,5-6,13,15H,4,7-11H2,(H,16,17);1H. The summed E-state index contributed by atoms with van der Waals surface area (Å²) in [5.41, 5.74) is 1.23. The average molecular weight is 269 g/mol.